The summed E-state index contributed by atoms with van der Waals surface area (Å²) in [5.41, 5.74) is 3.78. The number of phenolic OH excluding ortho intramolecular Hbond substituents is 1. The smallest absolute Gasteiger partial charge is 0.185 e. The number of rotatable bonds is 6. The van der Waals surface area contributed by atoms with Gasteiger partial charge in [0.2, 0.25) is 0 Å². The zero-order valence-electron chi connectivity index (χ0n) is 16.3. The van der Waals surface area contributed by atoms with Crippen LogP contribution in [0, 0.1) is 0 Å². The Bertz CT molecular complexity index is 1200. The number of carbonyl (C=O) groups excluding carboxylic acids is 1. The number of pyridine rings is 1. The topological polar surface area (TPSA) is 77.2 Å². The molecule has 0 saturated carbocycles. The van der Waals surface area contributed by atoms with Gasteiger partial charge in [0, 0.05) is 35.3 Å². The first kappa shape index (κ1) is 19.1. The molecule has 148 valence electrons. The first-order chi connectivity index (χ1) is 14.7. The van der Waals surface area contributed by atoms with E-state index in [4.69, 9.17) is 9.84 Å². The molecule has 0 radical (unpaired) electrons. The van der Waals surface area contributed by atoms with E-state index in [0.29, 0.717) is 5.56 Å². The third-order valence-electron chi connectivity index (χ3n) is 4.60. The zero-order valence-corrected chi connectivity index (χ0v) is 16.3. The summed E-state index contributed by atoms with van der Waals surface area (Å²) >= 11 is 0. The van der Waals surface area contributed by atoms with Crippen LogP contribution in [-0.2, 0) is 0 Å². The maximum Gasteiger partial charge on any atom is 0.185 e. The van der Waals surface area contributed by atoms with E-state index in [1.807, 2.05) is 48.7 Å². The normalized spacial score (nSPS) is 11.0. The minimum atomic E-state index is -0.207. The van der Waals surface area contributed by atoms with Crippen LogP contribution in [0.15, 0.2) is 85.3 Å². The number of nitrogens with zero attached hydrogens (tertiary/aromatic N) is 3. The molecule has 2 heterocycles. The van der Waals surface area contributed by atoms with Crippen molar-refractivity contribution in [3.8, 4) is 28.4 Å². The van der Waals surface area contributed by atoms with Crippen molar-refractivity contribution in [3.63, 3.8) is 0 Å². The van der Waals surface area contributed by atoms with E-state index < -0.39 is 0 Å². The monoisotopic (exact) mass is 397 g/mol. The minimum absolute atomic E-state index is 0.0119. The number of hydrogen-bond donors (Lipinski definition) is 1. The molecule has 4 rings (SSSR count). The molecule has 2 aromatic heterocycles. The van der Waals surface area contributed by atoms with Crippen LogP contribution in [0.5, 0.6) is 11.5 Å². The summed E-state index contributed by atoms with van der Waals surface area (Å²) in [4.78, 5) is 16.7. The SMILES string of the molecule is COc1cc(C(=O)/C=C/c2cn(-c3ccccc3)nc2-c2ccncc2)ccc1O. The Morgan fingerprint density at radius 1 is 1.07 bits per heavy atom. The lowest BCUT2D eigenvalue weighted by Crippen LogP contribution is -1.95. The molecule has 0 atom stereocenters. The second-order valence-corrected chi connectivity index (χ2v) is 6.53. The fourth-order valence-electron chi connectivity index (χ4n) is 3.05. The number of aromatic hydroxyl groups is 1. The van der Waals surface area contributed by atoms with Gasteiger partial charge in [-0.15, -0.1) is 0 Å². The number of ketones is 1. The number of phenols is 1. The average Bonchev–Trinajstić information content (AvgIpc) is 3.23. The summed E-state index contributed by atoms with van der Waals surface area (Å²) in [6.07, 6.45) is 8.52. The summed E-state index contributed by atoms with van der Waals surface area (Å²) in [5, 5.41) is 14.4. The minimum Gasteiger partial charge on any atom is -0.504 e. The Labute approximate surface area is 173 Å². The lowest BCUT2D eigenvalue weighted by atomic mass is 10.1. The summed E-state index contributed by atoms with van der Waals surface area (Å²) in [6, 6.07) is 18.0. The summed E-state index contributed by atoms with van der Waals surface area (Å²) < 4.78 is 6.86. The second-order valence-electron chi connectivity index (χ2n) is 6.53. The number of benzene rings is 2. The molecular formula is C24H19N3O3. The van der Waals surface area contributed by atoms with Crippen molar-refractivity contribution in [2.45, 2.75) is 0 Å². The Morgan fingerprint density at radius 2 is 1.83 bits per heavy atom. The van der Waals surface area contributed by atoms with Gasteiger partial charge >= 0.3 is 0 Å². The van der Waals surface area contributed by atoms with Gasteiger partial charge in [-0.3, -0.25) is 9.78 Å². The van der Waals surface area contributed by atoms with Crippen LogP contribution in [0.3, 0.4) is 0 Å². The standard InChI is InChI=1S/C24H19N3O3/c1-30-23-15-18(7-10-22(23)29)21(28)9-8-19-16-27(20-5-3-2-4-6-20)26-24(19)17-11-13-25-14-12-17/h2-16,29H,1H3/b9-8+. The van der Waals surface area contributed by atoms with Crippen LogP contribution in [-0.4, -0.2) is 32.8 Å². The molecule has 6 heteroatoms. The van der Waals surface area contributed by atoms with E-state index in [0.717, 1.165) is 22.5 Å². The number of allylic oxidation sites excluding steroid dienone is 1. The van der Waals surface area contributed by atoms with E-state index in [-0.39, 0.29) is 17.3 Å². The first-order valence-corrected chi connectivity index (χ1v) is 9.30. The maximum atomic E-state index is 12.7. The molecule has 30 heavy (non-hydrogen) atoms. The number of carbonyl (C=O) groups is 1. The molecule has 0 bridgehead atoms. The Balaban J connectivity index is 1.70. The van der Waals surface area contributed by atoms with Gasteiger partial charge in [0.1, 0.15) is 5.69 Å². The number of para-hydroxylation sites is 1. The van der Waals surface area contributed by atoms with Crippen LogP contribution in [0.2, 0.25) is 0 Å². The second kappa shape index (κ2) is 8.45. The highest BCUT2D eigenvalue weighted by Crippen LogP contribution is 2.27. The molecule has 0 amide bonds. The summed E-state index contributed by atoms with van der Waals surface area (Å²) in [5.74, 6) is 0.0344. The van der Waals surface area contributed by atoms with Crippen LogP contribution >= 0.6 is 0 Å². The van der Waals surface area contributed by atoms with Crippen molar-refractivity contribution in [2.24, 2.45) is 0 Å². The lowest BCUT2D eigenvalue weighted by Gasteiger charge is -2.04. The average molecular weight is 397 g/mol. The van der Waals surface area contributed by atoms with Gasteiger partial charge in [-0.05, 0) is 54.6 Å². The van der Waals surface area contributed by atoms with Gasteiger partial charge in [0.05, 0.1) is 12.8 Å². The Morgan fingerprint density at radius 3 is 2.57 bits per heavy atom. The highest BCUT2D eigenvalue weighted by molar-refractivity contribution is 6.07. The predicted molar refractivity (Wildman–Crippen MR) is 115 cm³/mol. The van der Waals surface area contributed by atoms with Crippen molar-refractivity contribution in [2.75, 3.05) is 7.11 Å². The summed E-state index contributed by atoms with van der Waals surface area (Å²) in [7, 11) is 1.44. The van der Waals surface area contributed by atoms with Gasteiger partial charge in [-0.1, -0.05) is 18.2 Å². The number of methoxy groups -OCH3 is 1. The molecule has 0 aliphatic carbocycles. The molecule has 1 N–H and O–H groups in total. The van der Waals surface area contributed by atoms with Crippen LogP contribution in [0.25, 0.3) is 23.0 Å². The molecular weight excluding hydrogens is 378 g/mol. The van der Waals surface area contributed by atoms with Crippen molar-refractivity contribution in [1.29, 1.82) is 0 Å². The highest BCUT2D eigenvalue weighted by Gasteiger charge is 2.12. The molecule has 0 spiro atoms. The molecule has 0 aliphatic heterocycles. The van der Waals surface area contributed by atoms with Gasteiger partial charge in [-0.2, -0.15) is 5.10 Å². The fourth-order valence-corrected chi connectivity index (χ4v) is 3.05. The van der Waals surface area contributed by atoms with Gasteiger partial charge in [-0.25, -0.2) is 4.68 Å². The number of hydrogen-bond acceptors (Lipinski definition) is 5. The molecule has 0 unspecified atom stereocenters. The quantitative estimate of drug-likeness (QED) is 0.382. The zero-order chi connectivity index (χ0) is 20.9. The highest BCUT2D eigenvalue weighted by atomic mass is 16.5. The predicted octanol–water partition coefficient (Wildman–Crippen LogP) is 4.54. The molecule has 0 fully saturated rings. The van der Waals surface area contributed by atoms with E-state index in [2.05, 4.69) is 4.98 Å². The van der Waals surface area contributed by atoms with Gasteiger partial charge in [0.25, 0.3) is 0 Å². The fraction of sp³-hybridized carbons (Fsp3) is 0.0417. The van der Waals surface area contributed by atoms with Crippen molar-refractivity contribution >= 4 is 11.9 Å². The van der Waals surface area contributed by atoms with Crippen LogP contribution in [0.4, 0.5) is 0 Å². The third-order valence-corrected chi connectivity index (χ3v) is 4.60. The molecule has 2 aromatic carbocycles. The largest absolute Gasteiger partial charge is 0.504 e. The van der Waals surface area contributed by atoms with Crippen LogP contribution in [0.1, 0.15) is 15.9 Å². The summed E-state index contributed by atoms with van der Waals surface area (Å²) in [6.45, 7) is 0. The van der Waals surface area contributed by atoms with E-state index >= 15 is 0 Å². The molecule has 4 aromatic rings. The Kier molecular flexibility index (Phi) is 5.39. The lowest BCUT2D eigenvalue weighted by molar-refractivity contribution is 0.104. The number of aromatic nitrogens is 3. The van der Waals surface area contributed by atoms with E-state index in [1.54, 1.807) is 29.2 Å². The van der Waals surface area contributed by atoms with Crippen molar-refractivity contribution < 1.29 is 14.6 Å². The number of ether oxygens (including phenoxy) is 1. The van der Waals surface area contributed by atoms with Gasteiger partial charge in [0.15, 0.2) is 17.3 Å². The molecule has 6 nitrogen and oxygen atoms in total. The van der Waals surface area contributed by atoms with Gasteiger partial charge < -0.3 is 9.84 Å². The third kappa shape index (κ3) is 3.98. The van der Waals surface area contributed by atoms with E-state index in [9.17, 15) is 9.90 Å². The maximum absolute atomic E-state index is 12.7. The Hall–Kier alpha value is -4.19. The van der Waals surface area contributed by atoms with E-state index in [1.165, 1.54) is 25.3 Å². The molecule has 0 saturated heterocycles. The van der Waals surface area contributed by atoms with Crippen LogP contribution < -0.4 is 4.74 Å². The van der Waals surface area contributed by atoms with Crippen molar-refractivity contribution in [1.82, 2.24) is 14.8 Å². The molecule has 0 aliphatic rings. The van der Waals surface area contributed by atoms with Crippen molar-refractivity contribution in [3.05, 3.63) is 96.5 Å². The first-order valence-electron chi connectivity index (χ1n) is 9.30.